The van der Waals surface area contributed by atoms with Gasteiger partial charge in [0, 0.05) is 65.3 Å². The fourth-order valence-corrected chi connectivity index (χ4v) is 4.13. The summed E-state index contributed by atoms with van der Waals surface area (Å²) in [5.41, 5.74) is 1.58. The predicted octanol–water partition coefficient (Wildman–Crippen LogP) is 1.87. The second kappa shape index (κ2) is 9.99. The van der Waals surface area contributed by atoms with Crippen LogP contribution in [-0.4, -0.2) is 75.9 Å². The molecule has 0 atom stereocenters. The maximum absolute atomic E-state index is 13.5. The average Bonchev–Trinajstić information content (AvgIpc) is 3.19. The normalized spacial score (nSPS) is 14.1. The number of benzene rings is 1. The summed E-state index contributed by atoms with van der Waals surface area (Å²) in [5, 5.41) is 4.55. The largest absolute Gasteiger partial charge is 0.385 e. The Balaban J connectivity index is 1.70. The minimum Gasteiger partial charge on any atom is -0.385 e. The Morgan fingerprint density at radius 2 is 1.73 bits per heavy atom. The third-order valence-corrected chi connectivity index (χ3v) is 5.94. The van der Waals surface area contributed by atoms with Gasteiger partial charge in [-0.05, 0) is 18.6 Å². The molecule has 0 N–H and O–H groups in total. The van der Waals surface area contributed by atoms with E-state index in [0.29, 0.717) is 68.3 Å². The van der Waals surface area contributed by atoms with Crippen LogP contribution in [0.5, 0.6) is 0 Å². The molecule has 0 aliphatic carbocycles. The monoisotopic (exact) mass is 451 g/mol. The van der Waals surface area contributed by atoms with E-state index < -0.39 is 0 Å². The third-order valence-electron chi connectivity index (χ3n) is 5.94. The highest BCUT2D eigenvalue weighted by Crippen LogP contribution is 2.24. The van der Waals surface area contributed by atoms with Crippen LogP contribution in [0.1, 0.15) is 30.1 Å². The van der Waals surface area contributed by atoms with Crippen LogP contribution in [0.2, 0.25) is 0 Å². The van der Waals surface area contributed by atoms with E-state index in [9.17, 15) is 14.4 Å². The van der Waals surface area contributed by atoms with Crippen molar-refractivity contribution in [3.8, 4) is 16.9 Å². The number of hydrogen-bond donors (Lipinski definition) is 0. The molecule has 1 saturated heterocycles. The molecule has 2 amide bonds. The molecule has 0 saturated carbocycles. The Hall–Kier alpha value is -3.46. The zero-order valence-electron chi connectivity index (χ0n) is 19.1. The van der Waals surface area contributed by atoms with E-state index in [1.54, 1.807) is 29.3 Å². The highest BCUT2D eigenvalue weighted by molar-refractivity contribution is 6.00. The second-order valence-electron chi connectivity index (χ2n) is 8.10. The van der Waals surface area contributed by atoms with Gasteiger partial charge in [0.15, 0.2) is 0 Å². The Morgan fingerprint density at radius 3 is 2.39 bits per heavy atom. The summed E-state index contributed by atoms with van der Waals surface area (Å²) < 4.78 is 8.36. The van der Waals surface area contributed by atoms with E-state index in [-0.39, 0.29) is 17.4 Å². The van der Waals surface area contributed by atoms with Crippen LogP contribution in [0, 0.1) is 0 Å². The smallest absolute Gasteiger partial charge is 0.282 e. The first-order valence-electron chi connectivity index (χ1n) is 11.3. The van der Waals surface area contributed by atoms with Crippen LogP contribution in [0.15, 0.2) is 47.5 Å². The molecule has 3 aliphatic rings. The lowest BCUT2D eigenvalue weighted by Gasteiger charge is -2.35. The number of para-hydroxylation sites is 1. The van der Waals surface area contributed by atoms with Crippen LogP contribution in [0.4, 0.5) is 0 Å². The average molecular weight is 452 g/mol. The van der Waals surface area contributed by atoms with Gasteiger partial charge in [0.1, 0.15) is 5.69 Å². The highest BCUT2D eigenvalue weighted by Gasteiger charge is 2.29. The van der Waals surface area contributed by atoms with Crippen LogP contribution in [-0.2, 0) is 16.1 Å². The predicted molar refractivity (Wildman–Crippen MR) is 124 cm³/mol. The summed E-state index contributed by atoms with van der Waals surface area (Å²) in [6, 6.07) is 9.18. The minimum atomic E-state index is -0.260. The van der Waals surface area contributed by atoms with Gasteiger partial charge in [0.2, 0.25) is 5.91 Å². The zero-order valence-corrected chi connectivity index (χ0v) is 19.1. The van der Waals surface area contributed by atoms with Crippen LogP contribution in [0.3, 0.4) is 0 Å². The van der Waals surface area contributed by atoms with Gasteiger partial charge in [0.05, 0.1) is 16.8 Å². The van der Waals surface area contributed by atoms with E-state index in [1.807, 2.05) is 41.8 Å². The first kappa shape index (κ1) is 22.7. The molecule has 33 heavy (non-hydrogen) atoms. The van der Waals surface area contributed by atoms with Crippen molar-refractivity contribution >= 4 is 11.8 Å². The van der Waals surface area contributed by atoms with Crippen LogP contribution < -0.4 is 5.56 Å². The summed E-state index contributed by atoms with van der Waals surface area (Å²) in [6.07, 6.45) is 4.73. The first-order valence-corrected chi connectivity index (χ1v) is 11.3. The highest BCUT2D eigenvalue weighted by atomic mass is 16.5. The topological polar surface area (TPSA) is 89.7 Å². The van der Waals surface area contributed by atoms with Crippen molar-refractivity contribution in [3.63, 3.8) is 0 Å². The van der Waals surface area contributed by atoms with Crippen molar-refractivity contribution in [1.82, 2.24) is 24.1 Å². The number of carbonyl (C=O) groups excluding carboxylic acids is 2. The first-order chi connectivity index (χ1) is 16.0. The van der Waals surface area contributed by atoms with E-state index >= 15 is 0 Å². The molecule has 0 aromatic heterocycles. The molecule has 9 nitrogen and oxygen atoms in total. The number of pyridine rings is 1. The van der Waals surface area contributed by atoms with Crippen molar-refractivity contribution in [3.05, 3.63) is 58.6 Å². The van der Waals surface area contributed by atoms with Crippen molar-refractivity contribution in [1.29, 1.82) is 0 Å². The third kappa shape index (κ3) is 4.68. The standard InChI is InChI=1S/C24H29N5O4/c1-3-21(30)27-11-13-28(14-12-27)23(31)19-16-26(10-7-15-33-2)17-20-22(19)25-29(24(20)32)18-8-5-4-6-9-18/h4-6,8-9,16-17H,3,7,10-15H2,1-2H3. The zero-order chi connectivity index (χ0) is 23.4. The van der Waals surface area contributed by atoms with Crippen molar-refractivity contribution in [2.24, 2.45) is 0 Å². The van der Waals surface area contributed by atoms with E-state index in [1.165, 1.54) is 4.68 Å². The number of aromatic nitrogens is 3. The number of fused-ring (bicyclic) bond motifs is 1. The number of ether oxygens (including phenoxy) is 1. The van der Waals surface area contributed by atoms with E-state index in [4.69, 9.17) is 4.74 Å². The van der Waals surface area contributed by atoms with Gasteiger partial charge in [-0.25, -0.2) is 0 Å². The molecule has 174 valence electrons. The minimum absolute atomic E-state index is 0.0952. The number of rotatable bonds is 7. The Bertz CT molecular complexity index is 1150. The molecule has 0 unspecified atom stereocenters. The van der Waals surface area contributed by atoms with E-state index in [0.717, 1.165) is 6.42 Å². The Kier molecular flexibility index (Phi) is 6.88. The maximum Gasteiger partial charge on any atom is 0.282 e. The van der Waals surface area contributed by atoms with Crippen molar-refractivity contribution in [2.75, 3.05) is 39.9 Å². The van der Waals surface area contributed by atoms with Gasteiger partial charge in [0.25, 0.3) is 11.5 Å². The summed E-state index contributed by atoms with van der Waals surface area (Å²) in [5.74, 6) is -0.0832. The molecular weight excluding hydrogens is 422 g/mol. The molecular formula is C24H29N5O4. The molecule has 0 radical (unpaired) electrons. The molecule has 0 bridgehead atoms. The number of amides is 2. The number of piperazine rings is 1. The number of carbonyl (C=O) groups is 2. The number of hydrogen-bond acceptors (Lipinski definition) is 5. The fourth-order valence-electron chi connectivity index (χ4n) is 4.13. The second-order valence-corrected chi connectivity index (χ2v) is 8.10. The molecule has 1 aromatic rings. The lowest BCUT2D eigenvalue weighted by Crippen LogP contribution is -2.50. The van der Waals surface area contributed by atoms with Gasteiger partial charge in [-0.15, -0.1) is 0 Å². The van der Waals surface area contributed by atoms with Crippen LogP contribution >= 0.6 is 0 Å². The summed E-state index contributed by atoms with van der Waals surface area (Å²) >= 11 is 0. The Labute approximate surface area is 192 Å². The molecule has 3 heterocycles. The maximum atomic E-state index is 13.5. The number of methoxy groups -OCH3 is 1. The number of aryl methyl sites for hydroxylation is 1. The Morgan fingerprint density at radius 1 is 1.03 bits per heavy atom. The number of nitrogens with zero attached hydrogens (tertiary/aromatic N) is 5. The lowest BCUT2D eigenvalue weighted by atomic mass is 10.1. The SMILES string of the molecule is CCC(=O)N1CCN(C(=O)c2cn(CCCOC)cc3c(=O)n(-c4ccccc4)nc2-3)CC1. The quantitative estimate of drug-likeness (QED) is 0.512. The molecule has 1 fully saturated rings. The van der Waals surface area contributed by atoms with E-state index in [2.05, 4.69) is 5.10 Å². The van der Waals surface area contributed by atoms with Gasteiger partial charge >= 0.3 is 0 Å². The molecule has 0 spiro atoms. The van der Waals surface area contributed by atoms with Crippen molar-refractivity contribution in [2.45, 2.75) is 26.3 Å². The van der Waals surface area contributed by atoms with Crippen LogP contribution in [0.25, 0.3) is 16.9 Å². The van der Waals surface area contributed by atoms with Gasteiger partial charge < -0.3 is 19.1 Å². The van der Waals surface area contributed by atoms with Crippen molar-refractivity contribution < 1.29 is 14.3 Å². The summed E-state index contributed by atoms with van der Waals surface area (Å²) in [4.78, 5) is 42.3. The molecule has 9 heteroatoms. The summed E-state index contributed by atoms with van der Waals surface area (Å²) in [6.45, 7) is 4.95. The summed E-state index contributed by atoms with van der Waals surface area (Å²) in [7, 11) is 1.64. The van der Waals surface area contributed by atoms with Gasteiger partial charge in [-0.2, -0.15) is 9.78 Å². The fraction of sp³-hybridized carbons (Fsp3) is 0.417. The van der Waals surface area contributed by atoms with Gasteiger partial charge in [-0.3, -0.25) is 14.4 Å². The molecule has 3 aliphatic heterocycles. The molecule has 4 rings (SSSR count). The van der Waals surface area contributed by atoms with Gasteiger partial charge in [-0.1, -0.05) is 25.1 Å². The molecule has 1 aromatic carbocycles. The lowest BCUT2D eigenvalue weighted by molar-refractivity contribution is -0.132.